The van der Waals surface area contributed by atoms with Gasteiger partial charge < -0.3 is 10.3 Å². The lowest BCUT2D eigenvalue weighted by Crippen LogP contribution is -2.22. The highest BCUT2D eigenvalue weighted by atomic mass is 19.4. The quantitative estimate of drug-likeness (QED) is 0.688. The summed E-state index contributed by atoms with van der Waals surface area (Å²) in [6.07, 6.45) is -3.43. The van der Waals surface area contributed by atoms with Gasteiger partial charge in [-0.2, -0.15) is 13.2 Å². The largest absolute Gasteiger partial charge is 0.416 e. The first-order chi connectivity index (χ1) is 11.8. The van der Waals surface area contributed by atoms with Gasteiger partial charge in [0.25, 0.3) is 5.91 Å². The summed E-state index contributed by atoms with van der Waals surface area (Å²) in [5, 5.41) is 2.21. The number of carbonyl (C=O) groups excluding carboxylic acids is 1. The molecule has 1 aromatic heterocycles. The van der Waals surface area contributed by atoms with Gasteiger partial charge in [-0.3, -0.25) is 9.59 Å². The van der Waals surface area contributed by atoms with Gasteiger partial charge in [-0.25, -0.2) is 4.39 Å². The van der Waals surface area contributed by atoms with Crippen LogP contribution in [0, 0.1) is 5.82 Å². The molecule has 0 atom stereocenters. The number of amides is 1. The summed E-state index contributed by atoms with van der Waals surface area (Å²) in [6, 6.07) is 7.50. The summed E-state index contributed by atoms with van der Waals surface area (Å²) in [5.74, 6) is -1.54. The Hall–Kier alpha value is -3.16. The molecule has 8 heteroatoms. The van der Waals surface area contributed by atoms with Crippen molar-refractivity contribution in [3.63, 3.8) is 0 Å². The van der Waals surface area contributed by atoms with Gasteiger partial charge in [0.1, 0.15) is 11.4 Å². The van der Waals surface area contributed by atoms with Crippen LogP contribution in [0.1, 0.15) is 15.9 Å². The highest BCUT2D eigenvalue weighted by Crippen LogP contribution is 2.30. The molecule has 0 bridgehead atoms. The molecule has 0 saturated heterocycles. The van der Waals surface area contributed by atoms with Crippen LogP contribution >= 0.6 is 0 Å². The molecule has 3 rings (SSSR count). The number of anilines is 1. The van der Waals surface area contributed by atoms with Crippen molar-refractivity contribution in [2.75, 3.05) is 5.32 Å². The first-order valence-corrected chi connectivity index (χ1v) is 7.05. The summed E-state index contributed by atoms with van der Waals surface area (Å²) in [7, 11) is 0. The summed E-state index contributed by atoms with van der Waals surface area (Å²) >= 11 is 0. The zero-order chi connectivity index (χ0) is 18.2. The first kappa shape index (κ1) is 16.7. The number of halogens is 4. The molecule has 0 fully saturated rings. The number of pyridine rings is 1. The van der Waals surface area contributed by atoms with Crippen LogP contribution in [0.25, 0.3) is 10.9 Å². The fraction of sp³-hybridized carbons (Fsp3) is 0.0588. The van der Waals surface area contributed by atoms with E-state index in [9.17, 15) is 27.2 Å². The molecule has 3 aromatic rings. The second-order valence-corrected chi connectivity index (χ2v) is 5.25. The van der Waals surface area contributed by atoms with Crippen LogP contribution in [0.4, 0.5) is 23.2 Å². The van der Waals surface area contributed by atoms with Gasteiger partial charge in [-0.1, -0.05) is 6.07 Å². The number of carbonyl (C=O) groups is 1. The highest BCUT2D eigenvalue weighted by molar-refractivity contribution is 6.05. The van der Waals surface area contributed by atoms with Gasteiger partial charge in [0, 0.05) is 22.8 Å². The lowest BCUT2D eigenvalue weighted by atomic mass is 10.1. The molecular weight excluding hydrogens is 340 g/mol. The van der Waals surface area contributed by atoms with E-state index >= 15 is 0 Å². The van der Waals surface area contributed by atoms with E-state index < -0.39 is 28.9 Å². The molecule has 2 aromatic carbocycles. The molecule has 4 nitrogen and oxygen atoms in total. The van der Waals surface area contributed by atoms with Crippen molar-refractivity contribution in [3.8, 4) is 0 Å². The SMILES string of the molecule is O=C(Nc1cccc(C(F)(F)F)c1)c1c[nH]c2ccc(F)cc2c1=O. The molecule has 1 amide bonds. The maximum Gasteiger partial charge on any atom is 0.416 e. The number of fused-ring (bicyclic) bond motifs is 1. The molecule has 0 saturated carbocycles. The third kappa shape index (κ3) is 3.37. The van der Waals surface area contributed by atoms with E-state index in [1.54, 1.807) is 0 Å². The average Bonchev–Trinajstić information content (AvgIpc) is 2.55. The zero-order valence-electron chi connectivity index (χ0n) is 12.4. The molecule has 2 N–H and O–H groups in total. The normalized spacial score (nSPS) is 11.5. The maximum absolute atomic E-state index is 13.3. The zero-order valence-corrected chi connectivity index (χ0v) is 12.4. The molecule has 0 unspecified atom stereocenters. The third-order valence-electron chi connectivity index (χ3n) is 3.54. The Bertz CT molecular complexity index is 1030. The molecule has 0 aliphatic rings. The van der Waals surface area contributed by atoms with Crippen LogP contribution in [0.5, 0.6) is 0 Å². The van der Waals surface area contributed by atoms with Gasteiger partial charge in [0.05, 0.1) is 5.56 Å². The van der Waals surface area contributed by atoms with E-state index in [2.05, 4.69) is 10.3 Å². The predicted molar refractivity (Wildman–Crippen MR) is 83.9 cm³/mol. The van der Waals surface area contributed by atoms with Crippen molar-refractivity contribution in [1.29, 1.82) is 0 Å². The van der Waals surface area contributed by atoms with E-state index in [4.69, 9.17) is 0 Å². The minimum Gasteiger partial charge on any atom is -0.360 e. The van der Waals surface area contributed by atoms with Crippen molar-refractivity contribution in [1.82, 2.24) is 4.98 Å². The van der Waals surface area contributed by atoms with Crippen LogP contribution < -0.4 is 10.7 Å². The minimum absolute atomic E-state index is 0.0308. The Kier molecular flexibility index (Phi) is 4.03. The molecule has 0 aliphatic heterocycles. The van der Waals surface area contributed by atoms with Crippen molar-refractivity contribution in [2.24, 2.45) is 0 Å². The summed E-state index contributed by atoms with van der Waals surface area (Å²) in [6.45, 7) is 0. The Morgan fingerprint density at radius 3 is 2.56 bits per heavy atom. The number of hydrogen-bond acceptors (Lipinski definition) is 2. The van der Waals surface area contributed by atoms with Crippen LogP contribution in [0.3, 0.4) is 0 Å². The number of alkyl halides is 3. The minimum atomic E-state index is -4.56. The van der Waals surface area contributed by atoms with Crippen molar-refractivity contribution in [3.05, 3.63) is 75.8 Å². The number of H-pyrrole nitrogens is 1. The van der Waals surface area contributed by atoms with Gasteiger partial charge in [0.2, 0.25) is 5.43 Å². The maximum atomic E-state index is 13.3. The van der Waals surface area contributed by atoms with E-state index in [1.165, 1.54) is 12.1 Å². The van der Waals surface area contributed by atoms with Gasteiger partial charge in [-0.15, -0.1) is 0 Å². The van der Waals surface area contributed by atoms with E-state index in [1.807, 2.05) is 0 Å². The number of hydrogen-bond donors (Lipinski definition) is 2. The number of aromatic amines is 1. The second kappa shape index (κ2) is 6.04. The van der Waals surface area contributed by atoms with Crippen molar-refractivity contribution >= 4 is 22.5 Å². The third-order valence-corrected chi connectivity index (χ3v) is 3.54. The summed E-state index contributed by atoms with van der Waals surface area (Å²) < 4.78 is 51.4. The fourth-order valence-electron chi connectivity index (χ4n) is 2.33. The topological polar surface area (TPSA) is 62.0 Å². The van der Waals surface area contributed by atoms with Gasteiger partial charge >= 0.3 is 6.18 Å². The van der Waals surface area contributed by atoms with E-state index in [-0.39, 0.29) is 16.6 Å². The molecular formula is C17H10F4N2O2. The highest BCUT2D eigenvalue weighted by Gasteiger charge is 2.30. The lowest BCUT2D eigenvalue weighted by Gasteiger charge is -2.10. The van der Waals surface area contributed by atoms with Crippen LogP contribution in [-0.4, -0.2) is 10.9 Å². The Morgan fingerprint density at radius 2 is 1.84 bits per heavy atom. The van der Waals surface area contributed by atoms with Crippen LogP contribution in [0.15, 0.2) is 53.5 Å². The Morgan fingerprint density at radius 1 is 1.08 bits per heavy atom. The second-order valence-electron chi connectivity index (χ2n) is 5.25. The molecule has 0 radical (unpaired) electrons. The molecule has 128 valence electrons. The van der Waals surface area contributed by atoms with Crippen molar-refractivity contribution in [2.45, 2.75) is 6.18 Å². The standard InChI is InChI=1S/C17H10F4N2O2/c18-10-4-5-14-12(7-10)15(24)13(8-22-14)16(25)23-11-3-1-2-9(6-11)17(19,20)21/h1-8H,(H,22,24)(H,23,25). The van der Waals surface area contributed by atoms with Gasteiger partial charge in [-0.05, 0) is 36.4 Å². The van der Waals surface area contributed by atoms with E-state index in [0.717, 1.165) is 36.5 Å². The van der Waals surface area contributed by atoms with Gasteiger partial charge in [0.15, 0.2) is 0 Å². The number of benzene rings is 2. The predicted octanol–water partition coefficient (Wildman–Crippen LogP) is 3.94. The summed E-state index contributed by atoms with van der Waals surface area (Å²) in [5.41, 5.74) is -1.77. The average molecular weight is 350 g/mol. The first-order valence-electron chi connectivity index (χ1n) is 7.05. The fourth-order valence-corrected chi connectivity index (χ4v) is 2.33. The van der Waals surface area contributed by atoms with Crippen LogP contribution in [-0.2, 0) is 6.18 Å². The lowest BCUT2D eigenvalue weighted by molar-refractivity contribution is -0.137. The smallest absolute Gasteiger partial charge is 0.360 e. The number of aromatic nitrogens is 1. The Balaban J connectivity index is 1.96. The monoisotopic (exact) mass is 350 g/mol. The molecule has 1 heterocycles. The number of nitrogens with one attached hydrogen (secondary N) is 2. The van der Waals surface area contributed by atoms with Crippen LogP contribution in [0.2, 0.25) is 0 Å². The molecule has 25 heavy (non-hydrogen) atoms. The molecule has 0 spiro atoms. The van der Waals surface area contributed by atoms with Crippen molar-refractivity contribution < 1.29 is 22.4 Å². The summed E-state index contributed by atoms with van der Waals surface area (Å²) in [4.78, 5) is 27.2. The number of rotatable bonds is 2. The molecule has 0 aliphatic carbocycles. The Labute approximate surface area is 138 Å². The van der Waals surface area contributed by atoms with E-state index in [0.29, 0.717) is 5.52 Å².